The zero-order valence-corrected chi connectivity index (χ0v) is 14.9. The third kappa shape index (κ3) is 3.42. The van der Waals surface area contributed by atoms with E-state index in [1.54, 1.807) is 0 Å². The van der Waals surface area contributed by atoms with Gasteiger partial charge in [0.05, 0.1) is 5.69 Å². The number of hydrogen-bond acceptors (Lipinski definition) is 3. The van der Waals surface area contributed by atoms with Crippen molar-refractivity contribution in [3.05, 3.63) is 83.9 Å². The Kier molecular flexibility index (Phi) is 4.36. The van der Waals surface area contributed by atoms with Crippen LogP contribution in [-0.4, -0.2) is 11.2 Å². The molecule has 0 spiro atoms. The molecule has 0 aliphatic carbocycles. The lowest BCUT2D eigenvalue weighted by molar-refractivity contribution is 0.620. The van der Waals surface area contributed by atoms with Gasteiger partial charge in [0.15, 0.2) is 5.58 Å². The number of aromatic nitrogens is 1. The number of fused-ring (bicyclic) bond motifs is 1. The molecule has 0 aliphatic heterocycles. The Hall–Kier alpha value is -3.20. The standard InChI is InChI=1S/C23H20N2O/c1-16(2)18-9-7-17(8-10-18)15-24-20-13-11-19(12-14-20)23-25-21-5-3-4-6-22(21)26-23/h3-16H,1-2H3. The van der Waals surface area contributed by atoms with Crippen molar-refractivity contribution in [1.82, 2.24) is 4.98 Å². The molecular formula is C23H20N2O. The molecule has 0 radical (unpaired) electrons. The third-order valence-corrected chi connectivity index (χ3v) is 4.37. The van der Waals surface area contributed by atoms with E-state index in [1.165, 1.54) is 5.56 Å². The van der Waals surface area contributed by atoms with E-state index in [0.29, 0.717) is 11.8 Å². The molecule has 3 heteroatoms. The number of hydrogen-bond donors (Lipinski definition) is 0. The first-order valence-corrected chi connectivity index (χ1v) is 8.79. The fraction of sp³-hybridized carbons (Fsp3) is 0.130. The van der Waals surface area contributed by atoms with E-state index in [2.05, 4.69) is 48.1 Å². The second kappa shape index (κ2) is 6.96. The first-order valence-electron chi connectivity index (χ1n) is 8.79. The van der Waals surface area contributed by atoms with Crippen LogP contribution in [0.2, 0.25) is 0 Å². The zero-order valence-electron chi connectivity index (χ0n) is 14.9. The van der Waals surface area contributed by atoms with Crippen molar-refractivity contribution in [2.45, 2.75) is 19.8 Å². The topological polar surface area (TPSA) is 38.4 Å². The molecule has 0 bridgehead atoms. The summed E-state index contributed by atoms with van der Waals surface area (Å²) < 4.78 is 5.80. The van der Waals surface area contributed by atoms with Crippen molar-refractivity contribution in [2.75, 3.05) is 0 Å². The van der Waals surface area contributed by atoms with Crippen LogP contribution in [0.15, 0.2) is 82.2 Å². The van der Waals surface area contributed by atoms with Crippen molar-refractivity contribution in [3.63, 3.8) is 0 Å². The second-order valence-corrected chi connectivity index (χ2v) is 6.61. The van der Waals surface area contributed by atoms with Gasteiger partial charge in [0, 0.05) is 11.8 Å². The van der Waals surface area contributed by atoms with Gasteiger partial charge in [-0.15, -0.1) is 0 Å². The van der Waals surface area contributed by atoms with Crippen LogP contribution in [0.1, 0.15) is 30.9 Å². The summed E-state index contributed by atoms with van der Waals surface area (Å²) in [6.07, 6.45) is 1.89. The summed E-state index contributed by atoms with van der Waals surface area (Å²) in [7, 11) is 0. The monoisotopic (exact) mass is 340 g/mol. The van der Waals surface area contributed by atoms with Crippen LogP contribution in [0, 0.1) is 0 Å². The Morgan fingerprint density at radius 3 is 2.31 bits per heavy atom. The number of aliphatic imine (C=N–C) groups is 1. The lowest BCUT2D eigenvalue weighted by atomic mass is 10.0. The summed E-state index contributed by atoms with van der Waals surface area (Å²) >= 11 is 0. The minimum atomic E-state index is 0.542. The van der Waals surface area contributed by atoms with Gasteiger partial charge in [0.25, 0.3) is 0 Å². The van der Waals surface area contributed by atoms with Crippen molar-refractivity contribution in [1.29, 1.82) is 0 Å². The van der Waals surface area contributed by atoms with Crippen LogP contribution in [0.25, 0.3) is 22.6 Å². The Morgan fingerprint density at radius 1 is 0.885 bits per heavy atom. The van der Waals surface area contributed by atoms with Gasteiger partial charge in [-0.2, -0.15) is 0 Å². The molecule has 128 valence electrons. The van der Waals surface area contributed by atoms with Crippen molar-refractivity contribution in [2.24, 2.45) is 4.99 Å². The summed E-state index contributed by atoms with van der Waals surface area (Å²) in [4.78, 5) is 9.08. The first-order chi connectivity index (χ1) is 12.7. The van der Waals surface area contributed by atoms with Crippen molar-refractivity contribution >= 4 is 23.0 Å². The molecular weight excluding hydrogens is 320 g/mol. The first kappa shape index (κ1) is 16.3. The van der Waals surface area contributed by atoms with Gasteiger partial charge < -0.3 is 4.42 Å². The molecule has 4 aromatic rings. The van der Waals surface area contributed by atoms with E-state index in [-0.39, 0.29) is 0 Å². The number of para-hydroxylation sites is 2. The lowest BCUT2D eigenvalue weighted by Gasteiger charge is -2.04. The average molecular weight is 340 g/mol. The van der Waals surface area contributed by atoms with Gasteiger partial charge in [0.2, 0.25) is 5.89 Å². The van der Waals surface area contributed by atoms with Crippen LogP contribution in [-0.2, 0) is 0 Å². The quantitative estimate of drug-likeness (QED) is 0.405. The molecule has 26 heavy (non-hydrogen) atoms. The summed E-state index contributed by atoms with van der Waals surface area (Å²) in [5.41, 5.74) is 5.95. The molecule has 0 saturated heterocycles. The molecule has 0 atom stereocenters. The Morgan fingerprint density at radius 2 is 1.62 bits per heavy atom. The highest BCUT2D eigenvalue weighted by molar-refractivity contribution is 5.82. The molecule has 1 heterocycles. The number of benzene rings is 3. The SMILES string of the molecule is CC(C)c1ccc(C=Nc2ccc(-c3nc4ccccc4o3)cc2)cc1. The molecule has 0 N–H and O–H groups in total. The molecule has 0 amide bonds. The van der Waals surface area contributed by atoms with Crippen LogP contribution < -0.4 is 0 Å². The van der Waals surface area contributed by atoms with Crippen LogP contribution >= 0.6 is 0 Å². The maximum atomic E-state index is 5.80. The van der Waals surface area contributed by atoms with Gasteiger partial charge in [-0.3, -0.25) is 4.99 Å². The third-order valence-electron chi connectivity index (χ3n) is 4.37. The predicted octanol–water partition coefficient (Wildman–Crippen LogP) is 6.37. The smallest absolute Gasteiger partial charge is 0.227 e. The normalized spacial score (nSPS) is 11.7. The van der Waals surface area contributed by atoms with Gasteiger partial charge >= 0.3 is 0 Å². The highest BCUT2D eigenvalue weighted by Crippen LogP contribution is 2.26. The fourth-order valence-electron chi connectivity index (χ4n) is 2.80. The maximum Gasteiger partial charge on any atom is 0.227 e. The predicted molar refractivity (Wildman–Crippen MR) is 107 cm³/mol. The second-order valence-electron chi connectivity index (χ2n) is 6.61. The number of nitrogens with zero attached hydrogens (tertiary/aromatic N) is 2. The molecule has 0 aliphatic rings. The van der Waals surface area contributed by atoms with Crippen LogP contribution in [0.4, 0.5) is 5.69 Å². The summed E-state index contributed by atoms with van der Waals surface area (Å²) in [6.45, 7) is 4.39. The molecule has 0 saturated carbocycles. The fourth-order valence-corrected chi connectivity index (χ4v) is 2.80. The van der Waals surface area contributed by atoms with E-state index < -0.39 is 0 Å². The number of rotatable bonds is 4. The highest BCUT2D eigenvalue weighted by Gasteiger charge is 2.07. The van der Waals surface area contributed by atoms with Gasteiger partial charge in [0.1, 0.15) is 5.52 Å². The largest absolute Gasteiger partial charge is 0.436 e. The Balaban J connectivity index is 1.52. The van der Waals surface area contributed by atoms with E-state index in [9.17, 15) is 0 Å². The van der Waals surface area contributed by atoms with Crippen molar-refractivity contribution < 1.29 is 4.42 Å². The van der Waals surface area contributed by atoms with E-state index in [4.69, 9.17) is 4.42 Å². The highest BCUT2D eigenvalue weighted by atomic mass is 16.3. The van der Waals surface area contributed by atoms with Gasteiger partial charge in [-0.1, -0.05) is 50.2 Å². The van der Waals surface area contributed by atoms with E-state index in [1.807, 2.05) is 54.7 Å². The van der Waals surface area contributed by atoms with Gasteiger partial charge in [-0.25, -0.2) is 4.98 Å². The molecule has 1 aromatic heterocycles. The summed E-state index contributed by atoms with van der Waals surface area (Å²) in [5.74, 6) is 1.17. The Bertz CT molecular complexity index is 1010. The van der Waals surface area contributed by atoms with Crippen LogP contribution in [0.3, 0.4) is 0 Å². The van der Waals surface area contributed by atoms with E-state index in [0.717, 1.165) is 27.9 Å². The van der Waals surface area contributed by atoms with Gasteiger partial charge in [-0.05, 0) is 53.4 Å². The van der Waals surface area contributed by atoms with Crippen LogP contribution in [0.5, 0.6) is 0 Å². The molecule has 3 aromatic carbocycles. The minimum absolute atomic E-state index is 0.542. The molecule has 0 fully saturated rings. The average Bonchev–Trinajstić information content (AvgIpc) is 3.11. The summed E-state index contributed by atoms with van der Waals surface area (Å²) in [5, 5.41) is 0. The van der Waals surface area contributed by atoms with E-state index >= 15 is 0 Å². The lowest BCUT2D eigenvalue weighted by Crippen LogP contribution is -1.88. The summed E-state index contributed by atoms with van der Waals surface area (Å²) in [6, 6.07) is 24.2. The molecule has 4 rings (SSSR count). The minimum Gasteiger partial charge on any atom is -0.436 e. The molecule has 0 unspecified atom stereocenters. The van der Waals surface area contributed by atoms with Crippen molar-refractivity contribution in [3.8, 4) is 11.5 Å². The molecule has 3 nitrogen and oxygen atoms in total. The maximum absolute atomic E-state index is 5.80. The number of oxazole rings is 1. The Labute approximate surface area is 153 Å². The zero-order chi connectivity index (χ0) is 17.9.